The Hall–Kier alpha value is -0.860. The maximum Gasteiger partial charge on any atom is 0.0335 e. The van der Waals surface area contributed by atoms with E-state index in [1.165, 1.54) is 24.0 Å². The van der Waals surface area contributed by atoms with E-state index in [9.17, 15) is 0 Å². The summed E-state index contributed by atoms with van der Waals surface area (Å²) >= 11 is 0. The van der Waals surface area contributed by atoms with Crippen molar-refractivity contribution in [3.8, 4) is 0 Å². The molecule has 0 radical (unpaired) electrons. The van der Waals surface area contributed by atoms with Gasteiger partial charge in [-0.3, -0.25) is 0 Å². The van der Waals surface area contributed by atoms with Crippen molar-refractivity contribution >= 4 is 0 Å². The second kappa shape index (κ2) is 4.98. The molecular weight excluding hydrogens is 196 g/mol. The average Bonchev–Trinajstić information content (AvgIpc) is 2.30. The number of aryl methyl sites for hydroxylation is 1. The summed E-state index contributed by atoms with van der Waals surface area (Å²) in [6, 6.07) is 10.2. The SMILES string of the molecule is Cc1ccc(C2CC(N(C)C)CCN2)cc1. The average molecular weight is 218 g/mol. The Morgan fingerprint density at radius 2 is 1.88 bits per heavy atom. The van der Waals surface area contributed by atoms with Crippen molar-refractivity contribution in [2.45, 2.75) is 31.8 Å². The predicted octanol–water partition coefficient (Wildman–Crippen LogP) is 2.35. The standard InChI is InChI=1S/C14H22N2/c1-11-4-6-12(7-5-11)14-10-13(16(2)3)8-9-15-14/h4-7,13-15H,8-10H2,1-3H3. The van der Waals surface area contributed by atoms with E-state index in [-0.39, 0.29) is 0 Å². The number of benzene rings is 1. The summed E-state index contributed by atoms with van der Waals surface area (Å²) in [5, 5.41) is 3.61. The quantitative estimate of drug-likeness (QED) is 0.819. The fourth-order valence-corrected chi connectivity index (χ4v) is 2.42. The Morgan fingerprint density at radius 1 is 1.19 bits per heavy atom. The van der Waals surface area contributed by atoms with Gasteiger partial charge in [-0.2, -0.15) is 0 Å². The fourth-order valence-electron chi connectivity index (χ4n) is 2.42. The first-order chi connectivity index (χ1) is 7.66. The molecule has 0 aromatic heterocycles. The van der Waals surface area contributed by atoms with Crippen molar-refractivity contribution in [3.05, 3.63) is 35.4 Å². The summed E-state index contributed by atoms with van der Waals surface area (Å²) in [7, 11) is 4.37. The summed E-state index contributed by atoms with van der Waals surface area (Å²) in [4.78, 5) is 2.35. The van der Waals surface area contributed by atoms with Crippen LogP contribution in [0.25, 0.3) is 0 Å². The highest BCUT2D eigenvalue weighted by atomic mass is 15.1. The van der Waals surface area contributed by atoms with Gasteiger partial charge in [0.15, 0.2) is 0 Å². The van der Waals surface area contributed by atoms with Gasteiger partial charge in [-0.25, -0.2) is 0 Å². The van der Waals surface area contributed by atoms with E-state index in [2.05, 4.69) is 55.5 Å². The van der Waals surface area contributed by atoms with Crippen LogP contribution in [0.4, 0.5) is 0 Å². The molecule has 0 amide bonds. The minimum Gasteiger partial charge on any atom is -0.310 e. The van der Waals surface area contributed by atoms with E-state index < -0.39 is 0 Å². The topological polar surface area (TPSA) is 15.3 Å². The zero-order chi connectivity index (χ0) is 11.5. The van der Waals surface area contributed by atoms with Crippen LogP contribution in [0.2, 0.25) is 0 Å². The van der Waals surface area contributed by atoms with Crippen molar-refractivity contribution < 1.29 is 0 Å². The predicted molar refractivity (Wildman–Crippen MR) is 68.6 cm³/mol. The molecule has 1 aliphatic rings. The molecule has 1 aromatic rings. The van der Waals surface area contributed by atoms with E-state index in [1.807, 2.05) is 0 Å². The van der Waals surface area contributed by atoms with Crippen LogP contribution in [-0.4, -0.2) is 31.6 Å². The number of nitrogens with zero attached hydrogens (tertiary/aromatic N) is 1. The fraction of sp³-hybridized carbons (Fsp3) is 0.571. The zero-order valence-electron chi connectivity index (χ0n) is 10.5. The molecule has 88 valence electrons. The summed E-state index contributed by atoms with van der Waals surface area (Å²) in [6.45, 7) is 3.27. The Labute approximate surface area is 98.7 Å². The molecule has 1 fully saturated rings. The van der Waals surface area contributed by atoms with Crippen molar-refractivity contribution in [1.29, 1.82) is 0 Å². The number of hydrogen-bond acceptors (Lipinski definition) is 2. The molecule has 16 heavy (non-hydrogen) atoms. The molecule has 2 rings (SSSR count). The lowest BCUT2D eigenvalue weighted by atomic mass is 9.93. The van der Waals surface area contributed by atoms with Crippen LogP contribution in [0.5, 0.6) is 0 Å². The van der Waals surface area contributed by atoms with E-state index in [1.54, 1.807) is 0 Å². The van der Waals surface area contributed by atoms with Gasteiger partial charge in [0.05, 0.1) is 0 Å². The molecule has 0 bridgehead atoms. The number of hydrogen-bond donors (Lipinski definition) is 1. The third-order valence-corrected chi connectivity index (χ3v) is 3.59. The molecule has 2 nitrogen and oxygen atoms in total. The summed E-state index contributed by atoms with van der Waals surface area (Å²) in [5.74, 6) is 0. The first kappa shape index (κ1) is 11.6. The molecular formula is C14H22N2. The zero-order valence-corrected chi connectivity index (χ0v) is 10.5. The molecule has 2 unspecified atom stereocenters. The van der Waals surface area contributed by atoms with E-state index in [0.717, 1.165) is 6.54 Å². The lowest BCUT2D eigenvalue weighted by molar-refractivity contribution is 0.207. The first-order valence-corrected chi connectivity index (χ1v) is 6.13. The number of rotatable bonds is 2. The van der Waals surface area contributed by atoms with Crippen LogP contribution in [0.3, 0.4) is 0 Å². The number of nitrogens with one attached hydrogen (secondary N) is 1. The van der Waals surface area contributed by atoms with Crippen molar-refractivity contribution in [2.75, 3.05) is 20.6 Å². The highest BCUT2D eigenvalue weighted by molar-refractivity contribution is 5.24. The van der Waals surface area contributed by atoms with Crippen LogP contribution >= 0.6 is 0 Å². The molecule has 1 saturated heterocycles. The third kappa shape index (κ3) is 2.63. The molecule has 0 saturated carbocycles. The second-order valence-electron chi connectivity index (χ2n) is 5.06. The summed E-state index contributed by atoms with van der Waals surface area (Å²) < 4.78 is 0. The first-order valence-electron chi connectivity index (χ1n) is 6.13. The maximum absolute atomic E-state index is 3.61. The van der Waals surface area contributed by atoms with Gasteiger partial charge >= 0.3 is 0 Å². The van der Waals surface area contributed by atoms with Crippen LogP contribution in [0.15, 0.2) is 24.3 Å². The maximum atomic E-state index is 3.61. The normalized spacial score (nSPS) is 26.0. The number of piperidine rings is 1. The molecule has 1 aromatic carbocycles. The van der Waals surface area contributed by atoms with Crippen LogP contribution in [0.1, 0.15) is 30.0 Å². The highest BCUT2D eigenvalue weighted by Crippen LogP contribution is 2.25. The van der Waals surface area contributed by atoms with Gasteiger partial charge < -0.3 is 10.2 Å². The van der Waals surface area contributed by atoms with Crippen molar-refractivity contribution in [3.63, 3.8) is 0 Å². The van der Waals surface area contributed by atoms with E-state index >= 15 is 0 Å². The van der Waals surface area contributed by atoms with Crippen molar-refractivity contribution in [2.24, 2.45) is 0 Å². The highest BCUT2D eigenvalue weighted by Gasteiger charge is 2.23. The van der Waals surface area contributed by atoms with Gasteiger partial charge in [0.2, 0.25) is 0 Å². The molecule has 1 aliphatic heterocycles. The van der Waals surface area contributed by atoms with Crippen molar-refractivity contribution in [1.82, 2.24) is 10.2 Å². The second-order valence-corrected chi connectivity index (χ2v) is 5.06. The van der Waals surface area contributed by atoms with Gasteiger partial charge in [-0.15, -0.1) is 0 Å². The Kier molecular flexibility index (Phi) is 3.62. The Morgan fingerprint density at radius 3 is 2.50 bits per heavy atom. The van der Waals surface area contributed by atoms with Gasteiger partial charge in [0.1, 0.15) is 0 Å². The van der Waals surface area contributed by atoms with Gasteiger partial charge in [0, 0.05) is 12.1 Å². The monoisotopic (exact) mass is 218 g/mol. The molecule has 2 atom stereocenters. The summed E-state index contributed by atoms with van der Waals surface area (Å²) in [6.07, 6.45) is 2.48. The molecule has 1 N–H and O–H groups in total. The minimum atomic E-state index is 0.529. The van der Waals surface area contributed by atoms with Crippen LogP contribution in [-0.2, 0) is 0 Å². The van der Waals surface area contributed by atoms with Gasteiger partial charge in [-0.1, -0.05) is 29.8 Å². The van der Waals surface area contributed by atoms with Crippen LogP contribution in [0, 0.1) is 6.92 Å². The largest absolute Gasteiger partial charge is 0.310 e. The smallest absolute Gasteiger partial charge is 0.0335 e. The molecule has 1 heterocycles. The lowest BCUT2D eigenvalue weighted by Gasteiger charge is -2.34. The Bertz CT molecular complexity index is 329. The third-order valence-electron chi connectivity index (χ3n) is 3.59. The summed E-state index contributed by atoms with van der Waals surface area (Å²) in [5.41, 5.74) is 2.76. The molecule has 2 heteroatoms. The lowest BCUT2D eigenvalue weighted by Crippen LogP contribution is -2.41. The molecule has 0 spiro atoms. The van der Waals surface area contributed by atoms with E-state index in [4.69, 9.17) is 0 Å². The van der Waals surface area contributed by atoms with Gasteiger partial charge in [-0.05, 0) is 46.0 Å². The Balaban J connectivity index is 2.06. The molecule has 0 aliphatic carbocycles. The minimum absolute atomic E-state index is 0.529. The van der Waals surface area contributed by atoms with Crippen LogP contribution < -0.4 is 5.32 Å². The van der Waals surface area contributed by atoms with Gasteiger partial charge in [0.25, 0.3) is 0 Å². The van der Waals surface area contributed by atoms with E-state index in [0.29, 0.717) is 12.1 Å².